The van der Waals surface area contributed by atoms with Gasteiger partial charge >= 0.3 is 0 Å². The van der Waals surface area contributed by atoms with Gasteiger partial charge in [0.2, 0.25) is 5.91 Å². The van der Waals surface area contributed by atoms with E-state index in [1.807, 2.05) is 33.5 Å². The Kier molecular flexibility index (Phi) is 6.44. The maximum atomic E-state index is 12.7. The summed E-state index contributed by atoms with van der Waals surface area (Å²) in [5.41, 5.74) is 1.84. The molecule has 10 heteroatoms. The highest BCUT2D eigenvalue weighted by atomic mass is 16.3. The highest BCUT2D eigenvalue weighted by molar-refractivity contribution is 6.04. The number of nitrogens with one attached hydrogen (secondary N) is 2. The molecule has 4 N–H and O–H groups in total. The fourth-order valence-corrected chi connectivity index (χ4v) is 3.46. The number of fused-ring (bicyclic) bond motifs is 1. The van der Waals surface area contributed by atoms with Crippen molar-refractivity contribution in [3.8, 4) is 5.69 Å². The SMILES string of the molecule is CC(C)(C(=O)NCC(O)CO)c1ccc(C(=O)Nc2cn3cc(-n4ccnc4)ccc3n2)cc1. The van der Waals surface area contributed by atoms with Crippen LogP contribution >= 0.6 is 0 Å². The summed E-state index contributed by atoms with van der Waals surface area (Å²) < 4.78 is 3.69. The number of nitrogens with zero attached hydrogens (tertiary/aromatic N) is 4. The Morgan fingerprint density at radius 2 is 1.88 bits per heavy atom. The Hall–Kier alpha value is -4.02. The molecule has 10 nitrogen and oxygen atoms in total. The van der Waals surface area contributed by atoms with E-state index in [0.717, 1.165) is 5.69 Å². The molecule has 34 heavy (non-hydrogen) atoms. The van der Waals surface area contributed by atoms with E-state index in [1.165, 1.54) is 0 Å². The van der Waals surface area contributed by atoms with Gasteiger partial charge in [-0.2, -0.15) is 0 Å². The molecular formula is C24H26N6O4. The van der Waals surface area contributed by atoms with E-state index in [0.29, 0.717) is 22.6 Å². The van der Waals surface area contributed by atoms with Crippen LogP contribution in [0.1, 0.15) is 29.8 Å². The summed E-state index contributed by atoms with van der Waals surface area (Å²) in [5, 5.41) is 23.8. The van der Waals surface area contributed by atoms with Gasteiger partial charge in [0.15, 0.2) is 5.82 Å². The maximum Gasteiger partial charge on any atom is 0.256 e. The number of imidazole rings is 2. The number of aliphatic hydroxyl groups excluding tert-OH is 2. The topological polar surface area (TPSA) is 134 Å². The van der Waals surface area contributed by atoms with Gasteiger partial charge in [-0.15, -0.1) is 0 Å². The third-order valence-electron chi connectivity index (χ3n) is 5.63. The number of carbonyl (C=O) groups excluding carboxylic acids is 2. The van der Waals surface area contributed by atoms with Gasteiger partial charge in [0.25, 0.3) is 5.91 Å². The van der Waals surface area contributed by atoms with Crippen LogP contribution in [-0.2, 0) is 10.2 Å². The lowest BCUT2D eigenvalue weighted by Crippen LogP contribution is -2.43. The first-order valence-electron chi connectivity index (χ1n) is 10.7. The quantitative estimate of drug-likeness (QED) is 0.314. The summed E-state index contributed by atoms with van der Waals surface area (Å²) in [6.45, 7) is 3.03. The Bertz CT molecular complexity index is 1300. The first-order valence-corrected chi connectivity index (χ1v) is 10.7. The predicted molar refractivity (Wildman–Crippen MR) is 126 cm³/mol. The van der Waals surface area contributed by atoms with Gasteiger partial charge in [0, 0.05) is 30.7 Å². The second-order valence-electron chi connectivity index (χ2n) is 8.45. The van der Waals surface area contributed by atoms with E-state index < -0.39 is 18.1 Å². The van der Waals surface area contributed by atoms with Crippen molar-refractivity contribution in [3.63, 3.8) is 0 Å². The Labute approximate surface area is 195 Å². The smallest absolute Gasteiger partial charge is 0.256 e. The molecule has 3 aromatic heterocycles. The van der Waals surface area contributed by atoms with Gasteiger partial charge in [0.05, 0.1) is 36.3 Å². The molecule has 4 aromatic rings. The summed E-state index contributed by atoms with van der Waals surface area (Å²) in [7, 11) is 0. The van der Waals surface area contributed by atoms with Gasteiger partial charge in [-0.05, 0) is 43.7 Å². The molecule has 1 unspecified atom stereocenters. The van der Waals surface area contributed by atoms with Crippen LogP contribution in [-0.4, -0.2) is 60.2 Å². The van der Waals surface area contributed by atoms with Gasteiger partial charge in [-0.25, -0.2) is 9.97 Å². The number of carbonyl (C=O) groups is 2. The average Bonchev–Trinajstić information content (AvgIpc) is 3.51. The van der Waals surface area contributed by atoms with Crippen molar-refractivity contribution in [1.82, 2.24) is 24.3 Å². The van der Waals surface area contributed by atoms with Crippen LogP contribution in [0.3, 0.4) is 0 Å². The minimum absolute atomic E-state index is 0.0396. The van der Waals surface area contributed by atoms with E-state index >= 15 is 0 Å². The molecule has 0 fully saturated rings. The summed E-state index contributed by atoms with van der Waals surface area (Å²) in [4.78, 5) is 33.8. The molecule has 0 saturated heterocycles. The number of aromatic nitrogens is 4. The third-order valence-corrected chi connectivity index (χ3v) is 5.63. The van der Waals surface area contributed by atoms with Crippen LogP contribution in [0.5, 0.6) is 0 Å². The lowest BCUT2D eigenvalue weighted by atomic mass is 9.83. The van der Waals surface area contributed by atoms with Crippen molar-refractivity contribution in [3.05, 3.63) is 78.6 Å². The minimum Gasteiger partial charge on any atom is -0.394 e. The molecule has 4 rings (SSSR count). The highest BCUT2D eigenvalue weighted by Gasteiger charge is 2.30. The third kappa shape index (κ3) is 4.82. The number of anilines is 1. The molecule has 1 atom stereocenters. The fraction of sp³-hybridized carbons (Fsp3) is 0.250. The first kappa shape index (κ1) is 23.1. The monoisotopic (exact) mass is 462 g/mol. The van der Waals surface area contributed by atoms with E-state index in [2.05, 4.69) is 20.6 Å². The van der Waals surface area contributed by atoms with Crippen molar-refractivity contribution in [2.24, 2.45) is 0 Å². The number of rotatable bonds is 8. The van der Waals surface area contributed by atoms with Crippen LogP contribution in [0.15, 0.2) is 67.5 Å². The molecule has 0 radical (unpaired) electrons. The van der Waals surface area contributed by atoms with Crippen molar-refractivity contribution >= 4 is 23.3 Å². The van der Waals surface area contributed by atoms with Gasteiger partial charge < -0.3 is 29.8 Å². The standard InChI is InChI=1S/C24H26N6O4/c1-24(2,23(34)26-11-19(32)14-31)17-5-3-16(4-6-17)22(33)28-20-13-30-12-18(7-8-21(30)27-20)29-10-9-25-15-29/h3-10,12-13,15,19,31-32H,11,14H2,1-2H3,(H,26,34)(H,28,33). The van der Waals surface area contributed by atoms with Gasteiger partial charge in [-0.1, -0.05) is 12.1 Å². The van der Waals surface area contributed by atoms with Crippen LogP contribution < -0.4 is 10.6 Å². The van der Waals surface area contributed by atoms with E-state index in [-0.39, 0.29) is 18.4 Å². The zero-order valence-electron chi connectivity index (χ0n) is 18.8. The number of pyridine rings is 1. The molecule has 0 saturated carbocycles. The van der Waals surface area contributed by atoms with Crippen LogP contribution in [0.4, 0.5) is 5.82 Å². The molecule has 0 spiro atoms. The Balaban J connectivity index is 1.44. The molecule has 176 valence electrons. The van der Waals surface area contributed by atoms with Crippen LogP contribution in [0.2, 0.25) is 0 Å². The molecule has 0 bridgehead atoms. The predicted octanol–water partition coefficient (Wildman–Crippen LogP) is 1.52. The minimum atomic E-state index is -1.01. The molecular weight excluding hydrogens is 436 g/mol. The van der Waals surface area contributed by atoms with Crippen molar-refractivity contribution < 1.29 is 19.8 Å². The van der Waals surface area contributed by atoms with E-state index in [9.17, 15) is 14.7 Å². The highest BCUT2D eigenvalue weighted by Crippen LogP contribution is 2.24. The zero-order chi connectivity index (χ0) is 24.3. The molecule has 0 aliphatic carbocycles. The van der Waals surface area contributed by atoms with Gasteiger partial charge in [0.1, 0.15) is 5.65 Å². The number of amides is 2. The summed E-state index contributed by atoms with van der Waals surface area (Å²) in [6.07, 6.45) is 7.85. The first-order chi connectivity index (χ1) is 16.3. The fourth-order valence-electron chi connectivity index (χ4n) is 3.46. The van der Waals surface area contributed by atoms with E-state index in [1.54, 1.807) is 56.8 Å². The van der Waals surface area contributed by atoms with Crippen LogP contribution in [0.25, 0.3) is 11.3 Å². The lowest BCUT2D eigenvalue weighted by Gasteiger charge is -2.25. The van der Waals surface area contributed by atoms with E-state index in [4.69, 9.17) is 5.11 Å². The average molecular weight is 463 g/mol. The summed E-state index contributed by atoms with van der Waals surface area (Å²) in [6, 6.07) is 10.5. The normalized spacial score (nSPS) is 12.5. The molecule has 3 heterocycles. The second kappa shape index (κ2) is 9.46. The van der Waals surface area contributed by atoms with Crippen LogP contribution in [0, 0.1) is 0 Å². The number of benzene rings is 1. The number of hydrogen-bond acceptors (Lipinski definition) is 6. The lowest BCUT2D eigenvalue weighted by molar-refractivity contribution is -0.126. The molecule has 0 aliphatic rings. The van der Waals surface area contributed by atoms with Gasteiger partial charge in [-0.3, -0.25) is 9.59 Å². The summed E-state index contributed by atoms with van der Waals surface area (Å²) >= 11 is 0. The largest absolute Gasteiger partial charge is 0.394 e. The Morgan fingerprint density at radius 1 is 1.12 bits per heavy atom. The van der Waals surface area contributed by atoms with Crippen molar-refractivity contribution in [1.29, 1.82) is 0 Å². The Morgan fingerprint density at radius 3 is 2.56 bits per heavy atom. The molecule has 0 aliphatic heterocycles. The number of hydrogen-bond donors (Lipinski definition) is 4. The summed E-state index contributed by atoms with van der Waals surface area (Å²) in [5.74, 6) is -0.200. The van der Waals surface area contributed by atoms with Crippen molar-refractivity contribution in [2.45, 2.75) is 25.4 Å². The van der Waals surface area contributed by atoms with Crippen molar-refractivity contribution in [2.75, 3.05) is 18.5 Å². The zero-order valence-corrected chi connectivity index (χ0v) is 18.8. The maximum absolute atomic E-state index is 12.7. The number of aliphatic hydroxyl groups is 2. The molecule has 2 amide bonds. The molecule has 1 aromatic carbocycles. The second-order valence-corrected chi connectivity index (χ2v) is 8.45.